The van der Waals surface area contributed by atoms with Gasteiger partial charge in [-0.25, -0.2) is 10.6 Å². The normalized spacial score (nSPS) is 33.6. The number of aliphatic hydroxyl groups excluding tert-OH is 4. The number of ketones is 1. The maximum Gasteiger partial charge on any atom is 0.411 e. The van der Waals surface area contributed by atoms with Crippen LogP contribution in [0.15, 0.2) is 35.1 Å². The van der Waals surface area contributed by atoms with Crippen LogP contribution in [0.1, 0.15) is 90.1 Å². The lowest BCUT2D eigenvalue weighted by Gasteiger charge is -2.47. The van der Waals surface area contributed by atoms with Gasteiger partial charge in [0, 0.05) is 68.6 Å². The van der Waals surface area contributed by atoms with Crippen LogP contribution >= 0.6 is 55.9 Å². The van der Waals surface area contributed by atoms with Crippen molar-refractivity contribution < 1.29 is 111 Å². The van der Waals surface area contributed by atoms with E-state index in [1.54, 1.807) is 38.7 Å². The molecule has 2 aliphatic carbocycles. The van der Waals surface area contributed by atoms with Crippen molar-refractivity contribution in [2.24, 2.45) is 5.84 Å². The number of hydrazine groups is 1. The highest BCUT2D eigenvalue weighted by Gasteiger charge is 2.52. The van der Waals surface area contributed by atoms with Gasteiger partial charge in [0.05, 0.1) is 97.0 Å². The standard InChI is InChI=1S/C61H84IN5O23S3/c1-14-67(32(6)68)34-27-83-40(24-38(34)78-9)88-53-48(73)45(29(3)85-58(53)87-37-19-17-15-16-18-21-61(77)25-36(70)46(64-59(76)82-13)43(37)33(61)20-22-91-93-60(7,8)26-39(71)65-63)66-90-41-23-35(69)55(31(5)84-41)92-56(75)42-28(2)44(62)51(54(81-12)50(42)79-10)89-57-49(74)52(80-11)47(72)30(4)86-57/h15-16,20,29-31,34-35,37-38,40-41,45,47-49,52-53,55,57-58,66,69,72-74,77H,14,22-27,63H2,1-13H3,(H,64,76)(H,65,71)/b16-15-,33-20+/t29?,30?,31?,34?,35?,37-,38?,40?,41?,45?,47?,48?,49?,52?,53?,55?,57?,58?,61?/m0/s1. The Morgan fingerprint density at radius 2 is 1.59 bits per heavy atom. The molecule has 0 spiro atoms. The summed E-state index contributed by atoms with van der Waals surface area (Å²) in [6, 6.07) is -1.69. The Hall–Kier alpha value is -4.35. The number of fused-ring (bicyclic) bond motifs is 2. The van der Waals surface area contributed by atoms with Crippen LogP contribution in [0.5, 0.6) is 17.2 Å². The summed E-state index contributed by atoms with van der Waals surface area (Å²) in [6.45, 7) is 13.8. The highest BCUT2D eigenvalue weighted by molar-refractivity contribution is 14.1. The number of hydroxylamine groups is 1. The van der Waals surface area contributed by atoms with Crippen LogP contribution in [0.2, 0.25) is 0 Å². The Bertz CT molecular complexity index is 3090. The van der Waals surface area contributed by atoms with Crippen molar-refractivity contribution in [1.29, 1.82) is 0 Å². The molecule has 28 nitrogen and oxygen atoms in total. The number of thioether (sulfide) groups is 1. The third-order valence-electron chi connectivity index (χ3n) is 16.3. The number of Topliss-reactive ketones (excluding diaryl/α,β-unsaturated/α-hetero) is 1. The Kier molecular flexibility index (Phi) is 27.6. The van der Waals surface area contributed by atoms with E-state index in [9.17, 15) is 49.5 Å². The summed E-state index contributed by atoms with van der Waals surface area (Å²) < 4.78 is 72.2. The zero-order valence-electron chi connectivity index (χ0n) is 53.8. The minimum absolute atomic E-state index is 0.00365. The quantitative estimate of drug-likeness (QED) is 0.0136. The van der Waals surface area contributed by atoms with Gasteiger partial charge in [-0.3, -0.25) is 34.8 Å². The molecule has 516 valence electrons. The summed E-state index contributed by atoms with van der Waals surface area (Å²) in [7, 11) is 9.31. The van der Waals surface area contributed by atoms with Crippen LogP contribution in [0.25, 0.3) is 0 Å². The molecule has 4 fully saturated rings. The topological polar surface area (TPSA) is 372 Å². The van der Waals surface area contributed by atoms with E-state index in [1.807, 2.05) is 43.4 Å². The number of nitrogens with zero attached hydrogens (tertiary/aromatic N) is 1. The molecule has 3 amide bonds. The Morgan fingerprint density at radius 3 is 2.23 bits per heavy atom. The van der Waals surface area contributed by atoms with Gasteiger partial charge in [0.2, 0.25) is 29.0 Å². The van der Waals surface area contributed by atoms with Crippen molar-refractivity contribution in [1.82, 2.24) is 21.1 Å². The van der Waals surface area contributed by atoms with Crippen molar-refractivity contribution in [2.45, 2.75) is 201 Å². The average molecular weight is 1480 g/mol. The van der Waals surface area contributed by atoms with Gasteiger partial charge >= 0.3 is 6.09 Å². The fourth-order valence-corrected chi connectivity index (χ4v) is 15.7. The van der Waals surface area contributed by atoms with Crippen molar-refractivity contribution in [3.05, 3.63) is 49.8 Å². The molecule has 4 aliphatic heterocycles. The van der Waals surface area contributed by atoms with E-state index in [1.165, 1.54) is 69.1 Å². The van der Waals surface area contributed by atoms with Crippen LogP contribution in [0.3, 0.4) is 0 Å². The zero-order valence-corrected chi connectivity index (χ0v) is 58.4. The summed E-state index contributed by atoms with van der Waals surface area (Å²) in [5, 5.41) is 59.7. The first-order valence-electron chi connectivity index (χ1n) is 29.8. The number of benzene rings is 1. The molecule has 19 atom stereocenters. The summed E-state index contributed by atoms with van der Waals surface area (Å²) >= 11 is 2.79. The van der Waals surface area contributed by atoms with Gasteiger partial charge < -0.3 is 87.3 Å². The number of halogens is 1. The van der Waals surface area contributed by atoms with Gasteiger partial charge in [-0.05, 0) is 88.8 Å². The monoisotopic (exact) mass is 1480 g/mol. The van der Waals surface area contributed by atoms with Crippen molar-refractivity contribution in [2.75, 3.05) is 54.5 Å². The number of hydrogen-bond acceptors (Lipinski definition) is 28. The molecule has 0 aromatic heterocycles. The first-order valence-corrected chi connectivity index (χ1v) is 34.1. The number of carbonyl (C=O) groups excluding carboxylic acids is 5. The second-order valence-corrected chi connectivity index (χ2v) is 28.4. The molecule has 1 aromatic rings. The van der Waals surface area contributed by atoms with Crippen LogP contribution < -0.4 is 36.3 Å². The molecule has 10 N–H and O–H groups in total. The van der Waals surface area contributed by atoms with E-state index < -0.39 is 143 Å². The molecule has 4 saturated heterocycles. The Balaban J connectivity index is 1.15. The lowest BCUT2D eigenvalue weighted by molar-refractivity contribution is -0.337. The Labute approximate surface area is 565 Å². The Morgan fingerprint density at radius 1 is 0.892 bits per heavy atom. The maximum atomic E-state index is 14.5. The summed E-state index contributed by atoms with van der Waals surface area (Å²) in [5.41, 5.74) is 2.94. The number of carbonyl (C=O) groups is 5. The van der Waals surface area contributed by atoms with Gasteiger partial charge in [0.1, 0.15) is 36.6 Å². The molecule has 0 saturated carbocycles. The van der Waals surface area contributed by atoms with Crippen LogP contribution in [-0.4, -0.2) is 234 Å². The van der Waals surface area contributed by atoms with Crippen LogP contribution in [0, 0.1) is 34.2 Å². The SMILES string of the molecule is CCN(C(C)=O)C1COC(OC2C(O[C@H]3C#C/C=C\C#CC4(O)CC(=O)C(NC(=O)OC)=C3/C4=C\CSSC(C)(C)CC(=O)NN)OC(C)C(NOC3CC(O)C(SC(=O)c4c(C)c(I)c(OC5OC(C)C(O)C(OC)C5O)c(OC)c4OC)C(C)O3)C2O)CC1OC. The molecule has 1 aromatic carbocycles. The molecular weight excluding hydrogens is 1390 g/mol. The van der Waals surface area contributed by atoms with Gasteiger partial charge in [0.25, 0.3) is 0 Å². The number of alkyl carbamates (subject to hydrolysis) is 1. The molecule has 18 unspecified atom stereocenters. The lowest BCUT2D eigenvalue weighted by atomic mass is 9.75. The van der Waals surface area contributed by atoms with E-state index in [0.717, 1.165) is 18.9 Å². The molecule has 6 aliphatic rings. The lowest BCUT2D eigenvalue weighted by Crippen LogP contribution is -2.65. The molecule has 2 bridgehead atoms. The molecule has 93 heavy (non-hydrogen) atoms. The third-order valence-corrected chi connectivity index (χ3v) is 22.1. The minimum Gasteiger partial charge on any atom is -0.492 e. The number of aliphatic hydroxyl groups is 5. The fourth-order valence-electron chi connectivity index (χ4n) is 11.6. The number of ether oxygens (including phenoxy) is 12. The van der Waals surface area contributed by atoms with Crippen LogP contribution in [-0.2, 0) is 61.9 Å². The maximum absolute atomic E-state index is 14.5. The van der Waals surface area contributed by atoms with Gasteiger partial charge in [0.15, 0.2) is 41.8 Å². The minimum atomic E-state index is -2.18. The third kappa shape index (κ3) is 17.9. The second kappa shape index (κ2) is 33.7. The first-order chi connectivity index (χ1) is 44.1. The first kappa shape index (κ1) is 76.0. The molecular formula is C61H84IN5O23S3. The van der Waals surface area contributed by atoms with E-state index in [-0.39, 0.29) is 83.1 Å². The molecule has 7 rings (SSSR count). The highest BCUT2D eigenvalue weighted by Crippen LogP contribution is 2.49. The van der Waals surface area contributed by atoms with E-state index >= 15 is 0 Å². The number of methoxy groups -OCH3 is 5. The van der Waals surface area contributed by atoms with Crippen LogP contribution in [0.4, 0.5) is 4.79 Å². The zero-order chi connectivity index (χ0) is 68.4. The predicted octanol–water partition coefficient (Wildman–Crippen LogP) is 2.34. The summed E-state index contributed by atoms with van der Waals surface area (Å²) in [5.74, 6) is 15.7. The predicted molar refractivity (Wildman–Crippen MR) is 347 cm³/mol. The number of hydrogen-bond donors (Lipinski definition) is 9. The largest absolute Gasteiger partial charge is 0.492 e. The average Bonchev–Trinajstić information content (AvgIpc) is 0.764. The summed E-state index contributed by atoms with van der Waals surface area (Å²) in [6.07, 6.45) is -15.5. The number of allylic oxidation sites excluding steroid dienone is 3. The van der Waals surface area contributed by atoms with Crippen molar-refractivity contribution >= 4 is 84.7 Å². The number of amides is 3. The van der Waals surface area contributed by atoms with Gasteiger partial charge in [-0.1, -0.05) is 63.1 Å². The van der Waals surface area contributed by atoms with Gasteiger partial charge in [-0.2, -0.15) is 5.48 Å². The van der Waals surface area contributed by atoms with E-state index in [0.29, 0.717) is 15.7 Å². The highest BCUT2D eigenvalue weighted by atomic mass is 127. The fraction of sp³-hybridized carbons (Fsp3) is 0.656. The second-order valence-electron chi connectivity index (χ2n) is 23.1. The number of nitrogens with one attached hydrogen (secondary N) is 3. The van der Waals surface area contributed by atoms with Gasteiger partial charge in [-0.15, -0.1) is 0 Å². The smallest absolute Gasteiger partial charge is 0.411 e. The molecule has 0 radical (unpaired) electrons. The van der Waals surface area contributed by atoms with Crippen molar-refractivity contribution in [3.63, 3.8) is 0 Å². The number of likely N-dealkylation sites (N-methyl/N-ethyl adjacent to an activating group) is 1. The number of nitrogens with two attached hydrogens (primary N) is 1. The van der Waals surface area contributed by atoms with Crippen molar-refractivity contribution in [3.8, 4) is 40.9 Å². The molecule has 4 heterocycles. The van der Waals surface area contributed by atoms with E-state index in [4.69, 9.17) is 67.5 Å². The molecule has 32 heteroatoms. The number of rotatable bonds is 24. The summed E-state index contributed by atoms with van der Waals surface area (Å²) in [4.78, 5) is 74.6. The van der Waals surface area contributed by atoms with E-state index in [2.05, 4.69) is 39.9 Å².